The van der Waals surface area contributed by atoms with Crippen molar-refractivity contribution < 1.29 is 0 Å². The van der Waals surface area contributed by atoms with Gasteiger partial charge < -0.3 is 0 Å². The third-order valence-electron chi connectivity index (χ3n) is 2.95. The van der Waals surface area contributed by atoms with Crippen molar-refractivity contribution in [1.29, 1.82) is 0 Å². The highest BCUT2D eigenvalue weighted by Crippen LogP contribution is 2.17. The topological polar surface area (TPSA) is 3.24 Å². The molecule has 0 N–H and O–H groups in total. The second-order valence-electron chi connectivity index (χ2n) is 4.85. The van der Waals surface area contributed by atoms with Gasteiger partial charge in [-0.2, -0.15) is 0 Å². The number of rotatable bonds is 1. The maximum atomic E-state index is 4.09. The smallest absolute Gasteiger partial charge is 0.0233 e. The molecule has 88 valence electrons. The number of hydrogen-bond acceptors (Lipinski definition) is 1. The van der Waals surface area contributed by atoms with Crippen molar-refractivity contribution in [2.45, 2.75) is 39.3 Å². The average Bonchev–Trinajstić information content (AvgIpc) is 2.19. The molecule has 0 amide bonds. The summed E-state index contributed by atoms with van der Waals surface area (Å²) in [5.74, 6) is 0. The fraction of sp³-hybridized carbons (Fsp3) is 0.467. The van der Waals surface area contributed by atoms with Crippen molar-refractivity contribution in [1.82, 2.24) is 4.90 Å². The van der Waals surface area contributed by atoms with Gasteiger partial charge in [0.25, 0.3) is 0 Å². The van der Waals surface area contributed by atoms with E-state index in [9.17, 15) is 0 Å². The SMILES string of the molecule is C=C1/C=C\C=C/C(=C)CN(C(C)C)C(C)C1. The second-order valence-corrected chi connectivity index (χ2v) is 4.85. The highest BCUT2D eigenvalue weighted by molar-refractivity contribution is 5.26. The Balaban J connectivity index is 2.88. The van der Waals surface area contributed by atoms with Crippen molar-refractivity contribution in [3.05, 3.63) is 48.6 Å². The largest absolute Gasteiger partial charge is 0.294 e. The van der Waals surface area contributed by atoms with Crippen LogP contribution in [0.1, 0.15) is 27.2 Å². The van der Waals surface area contributed by atoms with E-state index < -0.39 is 0 Å². The third-order valence-corrected chi connectivity index (χ3v) is 2.95. The predicted octanol–water partition coefficient (Wildman–Crippen LogP) is 3.71. The van der Waals surface area contributed by atoms with Gasteiger partial charge >= 0.3 is 0 Å². The predicted molar refractivity (Wildman–Crippen MR) is 72.5 cm³/mol. The highest BCUT2D eigenvalue weighted by Gasteiger charge is 2.17. The summed E-state index contributed by atoms with van der Waals surface area (Å²) in [6.07, 6.45) is 9.28. The maximum Gasteiger partial charge on any atom is 0.0233 e. The monoisotopic (exact) mass is 217 g/mol. The molecule has 0 saturated carbocycles. The maximum absolute atomic E-state index is 4.09. The second kappa shape index (κ2) is 5.86. The first kappa shape index (κ1) is 13.0. The van der Waals surface area contributed by atoms with Crippen LogP contribution in [0.2, 0.25) is 0 Å². The molecule has 1 heteroatoms. The molecule has 1 unspecified atom stereocenters. The summed E-state index contributed by atoms with van der Waals surface area (Å²) in [5.41, 5.74) is 2.35. The van der Waals surface area contributed by atoms with Crippen LogP contribution in [0, 0.1) is 0 Å². The van der Waals surface area contributed by atoms with E-state index in [4.69, 9.17) is 0 Å². The van der Waals surface area contributed by atoms with Crippen LogP contribution >= 0.6 is 0 Å². The summed E-state index contributed by atoms with van der Waals surface area (Å²) in [6.45, 7) is 15.8. The minimum absolute atomic E-state index is 0.514. The molecule has 1 rings (SSSR count). The van der Waals surface area contributed by atoms with Crippen LogP contribution in [-0.2, 0) is 0 Å². The first-order valence-electron chi connectivity index (χ1n) is 5.96. The van der Waals surface area contributed by atoms with Gasteiger partial charge in [0.1, 0.15) is 0 Å². The third kappa shape index (κ3) is 3.82. The molecule has 0 aliphatic carbocycles. The molecule has 1 heterocycles. The zero-order chi connectivity index (χ0) is 12.1. The fourth-order valence-corrected chi connectivity index (χ4v) is 2.08. The number of hydrogen-bond donors (Lipinski definition) is 0. The summed E-state index contributed by atoms with van der Waals surface area (Å²) in [5, 5.41) is 0. The van der Waals surface area contributed by atoms with Crippen LogP contribution in [0.25, 0.3) is 0 Å². The van der Waals surface area contributed by atoms with E-state index in [0.29, 0.717) is 12.1 Å². The fourth-order valence-electron chi connectivity index (χ4n) is 2.08. The molecular weight excluding hydrogens is 194 g/mol. The van der Waals surface area contributed by atoms with Gasteiger partial charge in [-0.05, 0) is 32.8 Å². The number of nitrogens with zero attached hydrogens (tertiary/aromatic N) is 1. The normalized spacial score (nSPS) is 28.1. The summed E-state index contributed by atoms with van der Waals surface area (Å²) in [6, 6.07) is 1.05. The van der Waals surface area contributed by atoms with E-state index in [-0.39, 0.29) is 0 Å². The van der Waals surface area contributed by atoms with E-state index in [1.165, 1.54) is 5.57 Å². The average molecular weight is 217 g/mol. The number of allylic oxidation sites excluding steroid dienone is 3. The highest BCUT2D eigenvalue weighted by atomic mass is 15.2. The summed E-state index contributed by atoms with van der Waals surface area (Å²) >= 11 is 0. The van der Waals surface area contributed by atoms with Crippen molar-refractivity contribution in [2.24, 2.45) is 0 Å². The first-order chi connectivity index (χ1) is 7.50. The van der Waals surface area contributed by atoms with Crippen molar-refractivity contribution in [2.75, 3.05) is 6.54 Å². The van der Waals surface area contributed by atoms with Crippen LogP contribution in [0.5, 0.6) is 0 Å². The van der Waals surface area contributed by atoms with Crippen molar-refractivity contribution in [3.8, 4) is 0 Å². The molecule has 1 atom stereocenters. The van der Waals surface area contributed by atoms with Gasteiger partial charge in [0.2, 0.25) is 0 Å². The lowest BCUT2D eigenvalue weighted by Crippen LogP contribution is -2.40. The molecule has 1 aliphatic rings. The van der Waals surface area contributed by atoms with Crippen LogP contribution in [0.4, 0.5) is 0 Å². The zero-order valence-electron chi connectivity index (χ0n) is 10.7. The zero-order valence-corrected chi connectivity index (χ0v) is 10.7. The summed E-state index contributed by atoms with van der Waals surface area (Å²) in [4.78, 5) is 2.47. The van der Waals surface area contributed by atoms with Gasteiger partial charge in [0.05, 0.1) is 0 Å². The molecule has 16 heavy (non-hydrogen) atoms. The van der Waals surface area contributed by atoms with Gasteiger partial charge in [0, 0.05) is 18.6 Å². The van der Waals surface area contributed by atoms with Crippen LogP contribution < -0.4 is 0 Å². The quantitative estimate of drug-likeness (QED) is 0.647. The minimum Gasteiger partial charge on any atom is -0.294 e. The first-order valence-corrected chi connectivity index (χ1v) is 5.96. The summed E-state index contributed by atoms with van der Waals surface area (Å²) < 4.78 is 0. The van der Waals surface area contributed by atoms with Crippen molar-refractivity contribution >= 4 is 0 Å². The van der Waals surface area contributed by atoms with E-state index in [1.807, 2.05) is 12.2 Å². The lowest BCUT2D eigenvalue weighted by atomic mass is 10.0. The van der Waals surface area contributed by atoms with Gasteiger partial charge in [-0.25, -0.2) is 0 Å². The Morgan fingerprint density at radius 2 is 1.75 bits per heavy atom. The van der Waals surface area contributed by atoms with E-state index in [1.54, 1.807) is 0 Å². The summed E-state index contributed by atoms with van der Waals surface area (Å²) in [7, 11) is 0. The van der Waals surface area contributed by atoms with E-state index >= 15 is 0 Å². The van der Waals surface area contributed by atoms with Crippen molar-refractivity contribution in [3.63, 3.8) is 0 Å². The van der Waals surface area contributed by atoms with Gasteiger partial charge in [-0.3, -0.25) is 4.90 Å². The Morgan fingerprint density at radius 1 is 1.19 bits per heavy atom. The van der Waals surface area contributed by atoms with Crippen LogP contribution in [0.3, 0.4) is 0 Å². The van der Waals surface area contributed by atoms with Crippen LogP contribution in [-0.4, -0.2) is 23.5 Å². The Labute approximate surface area is 99.8 Å². The molecule has 0 fully saturated rings. The van der Waals surface area contributed by atoms with Crippen LogP contribution in [0.15, 0.2) is 48.6 Å². The standard InChI is InChI=1S/C15H23N/c1-12(2)16-11-14(4)9-7-6-8-13(3)10-15(16)5/h6-9,12,15H,3-4,10-11H2,1-2,5H3/b8-6-,9-7-. The molecule has 0 bridgehead atoms. The lowest BCUT2D eigenvalue weighted by Gasteiger charge is -2.33. The Hall–Kier alpha value is -1.08. The van der Waals surface area contributed by atoms with Gasteiger partial charge in [-0.15, -0.1) is 0 Å². The molecule has 0 spiro atoms. The van der Waals surface area contributed by atoms with Gasteiger partial charge in [-0.1, -0.05) is 43.0 Å². The minimum atomic E-state index is 0.514. The van der Waals surface area contributed by atoms with E-state index in [0.717, 1.165) is 18.5 Å². The molecule has 1 nitrogen and oxygen atoms in total. The molecule has 0 aromatic carbocycles. The lowest BCUT2D eigenvalue weighted by molar-refractivity contribution is 0.180. The molecule has 1 aliphatic heterocycles. The molecular formula is C15H23N. The Kier molecular flexibility index (Phi) is 4.75. The van der Waals surface area contributed by atoms with Gasteiger partial charge in [0.15, 0.2) is 0 Å². The Morgan fingerprint density at radius 3 is 2.31 bits per heavy atom. The molecule has 0 radical (unpaired) electrons. The molecule has 0 saturated heterocycles. The van der Waals surface area contributed by atoms with E-state index in [2.05, 4.69) is 51.0 Å². The molecule has 0 aromatic rings. The molecule has 0 aromatic heterocycles. The Bertz CT molecular complexity index is 320.